The van der Waals surface area contributed by atoms with Crippen molar-refractivity contribution in [2.24, 2.45) is 0 Å². The zero-order valence-electron chi connectivity index (χ0n) is 16.1. The van der Waals surface area contributed by atoms with Gasteiger partial charge in [0.1, 0.15) is 5.82 Å². The molecule has 5 nitrogen and oxygen atoms in total. The Morgan fingerprint density at radius 2 is 1.65 bits per heavy atom. The molecule has 138 valence electrons. The van der Waals surface area contributed by atoms with Gasteiger partial charge in [0.15, 0.2) is 0 Å². The van der Waals surface area contributed by atoms with Gasteiger partial charge in [-0.05, 0) is 42.3 Å². The average Bonchev–Trinajstić information content (AvgIpc) is 2.62. The third-order valence-electron chi connectivity index (χ3n) is 4.85. The Bertz CT molecular complexity index is 739. The quantitative estimate of drug-likeness (QED) is 0.920. The van der Waals surface area contributed by atoms with Crippen LogP contribution in [0.15, 0.2) is 42.6 Å². The van der Waals surface area contributed by atoms with Gasteiger partial charge in [-0.25, -0.2) is 4.98 Å². The van der Waals surface area contributed by atoms with Gasteiger partial charge in [-0.1, -0.05) is 32.9 Å². The van der Waals surface area contributed by atoms with Crippen LogP contribution in [-0.2, 0) is 5.41 Å². The maximum absolute atomic E-state index is 12.4. The highest BCUT2D eigenvalue weighted by Crippen LogP contribution is 2.22. The fourth-order valence-corrected chi connectivity index (χ4v) is 3.01. The molecule has 0 saturated carbocycles. The maximum Gasteiger partial charge on any atom is 0.255 e. The number of anilines is 2. The van der Waals surface area contributed by atoms with Crippen LogP contribution in [-0.4, -0.2) is 49.0 Å². The molecule has 1 aromatic carbocycles. The average molecular weight is 352 g/mol. The first-order valence-corrected chi connectivity index (χ1v) is 9.14. The maximum atomic E-state index is 12.4. The first-order valence-electron chi connectivity index (χ1n) is 9.14. The summed E-state index contributed by atoms with van der Waals surface area (Å²) >= 11 is 0. The number of carbonyl (C=O) groups excluding carboxylic acids is 1. The van der Waals surface area contributed by atoms with Gasteiger partial charge in [0, 0.05) is 31.7 Å². The van der Waals surface area contributed by atoms with Gasteiger partial charge >= 0.3 is 0 Å². The van der Waals surface area contributed by atoms with E-state index in [1.807, 2.05) is 36.4 Å². The Hall–Kier alpha value is -2.40. The van der Waals surface area contributed by atoms with E-state index in [-0.39, 0.29) is 11.3 Å². The van der Waals surface area contributed by atoms with E-state index < -0.39 is 0 Å². The van der Waals surface area contributed by atoms with Gasteiger partial charge in [0.25, 0.3) is 5.91 Å². The second kappa shape index (κ2) is 7.46. The van der Waals surface area contributed by atoms with Crippen molar-refractivity contribution in [1.82, 2.24) is 9.88 Å². The van der Waals surface area contributed by atoms with Crippen molar-refractivity contribution in [3.63, 3.8) is 0 Å². The minimum atomic E-state index is -0.111. The van der Waals surface area contributed by atoms with Crippen molar-refractivity contribution in [2.75, 3.05) is 43.4 Å². The summed E-state index contributed by atoms with van der Waals surface area (Å²) < 4.78 is 0. The van der Waals surface area contributed by atoms with Gasteiger partial charge < -0.3 is 15.1 Å². The van der Waals surface area contributed by atoms with Gasteiger partial charge in [0.2, 0.25) is 0 Å². The van der Waals surface area contributed by atoms with E-state index in [9.17, 15) is 4.79 Å². The molecule has 0 atom stereocenters. The highest BCUT2D eigenvalue weighted by atomic mass is 16.1. The number of carbonyl (C=O) groups is 1. The summed E-state index contributed by atoms with van der Waals surface area (Å²) in [6.45, 7) is 10.5. The van der Waals surface area contributed by atoms with Crippen molar-refractivity contribution in [3.05, 3.63) is 53.7 Å². The molecule has 5 heteroatoms. The van der Waals surface area contributed by atoms with Crippen LogP contribution in [0.5, 0.6) is 0 Å². The van der Waals surface area contributed by atoms with E-state index in [2.05, 4.69) is 47.9 Å². The van der Waals surface area contributed by atoms with Crippen LogP contribution in [0, 0.1) is 0 Å². The van der Waals surface area contributed by atoms with Crippen LogP contribution < -0.4 is 10.2 Å². The van der Waals surface area contributed by atoms with E-state index in [0.717, 1.165) is 32.0 Å². The molecule has 1 amide bonds. The monoisotopic (exact) mass is 352 g/mol. The predicted octanol–water partition coefficient (Wildman–Crippen LogP) is 3.38. The first kappa shape index (κ1) is 18.4. The largest absolute Gasteiger partial charge is 0.354 e. The molecule has 1 fully saturated rings. The Balaban J connectivity index is 1.62. The molecule has 26 heavy (non-hydrogen) atoms. The fraction of sp³-hybridized carbons (Fsp3) is 0.429. The first-order chi connectivity index (χ1) is 12.3. The molecule has 0 bridgehead atoms. The lowest BCUT2D eigenvalue weighted by atomic mass is 9.87. The number of hydrogen-bond acceptors (Lipinski definition) is 4. The smallest absolute Gasteiger partial charge is 0.255 e. The van der Waals surface area contributed by atoms with Crippen LogP contribution in [0.25, 0.3) is 0 Å². The lowest BCUT2D eigenvalue weighted by Crippen LogP contribution is -2.44. The molecular weight excluding hydrogens is 324 g/mol. The summed E-state index contributed by atoms with van der Waals surface area (Å²) in [6, 6.07) is 11.7. The second-order valence-electron chi connectivity index (χ2n) is 7.98. The van der Waals surface area contributed by atoms with Gasteiger partial charge in [-0.3, -0.25) is 4.79 Å². The Morgan fingerprint density at radius 1 is 1.00 bits per heavy atom. The third-order valence-corrected chi connectivity index (χ3v) is 4.85. The van der Waals surface area contributed by atoms with Gasteiger partial charge in [-0.15, -0.1) is 0 Å². The minimum absolute atomic E-state index is 0.0814. The third kappa shape index (κ3) is 4.41. The van der Waals surface area contributed by atoms with E-state index >= 15 is 0 Å². The predicted molar refractivity (Wildman–Crippen MR) is 107 cm³/mol. The van der Waals surface area contributed by atoms with Crippen LogP contribution >= 0.6 is 0 Å². The Kier molecular flexibility index (Phi) is 5.28. The number of nitrogens with one attached hydrogen (secondary N) is 1. The van der Waals surface area contributed by atoms with Gasteiger partial charge in [-0.2, -0.15) is 0 Å². The number of piperazine rings is 1. The lowest BCUT2D eigenvalue weighted by molar-refractivity contribution is 0.102. The number of likely N-dealkylation sites (N-methyl/N-ethyl adjacent to an activating group) is 1. The molecule has 0 aliphatic carbocycles. The second-order valence-corrected chi connectivity index (χ2v) is 7.98. The number of amides is 1. The van der Waals surface area contributed by atoms with Crippen LogP contribution in [0.3, 0.4) is 0 Å². The molecule has 3 rings (SSSR count). The summed E-state index contributed by atoms with van der Waals surface area (Å²) in [5.74, 6) is 0.852. The zero-order chi connectivity index (χ0) is 18.7. The number of nitrogens with zero attached hydrogens (tertiary/aromatic N) is 3. The number of rotatable bonds is 3. The van der Waals surface area contributed by atoms with Crippen molar-refractivity contribution in [1.29, 1.82) is 0 Å². The topological polar surface area (TPSA) is 48.5 Å². The molecule has 1 aliphatic rings. The molecular formula is C21H28N4O. The van der Waals surface area contributed by atoms with E-state index in [1.54, 1.807) is 6.20 Å². The number of pyridine rings is 1. The molecule has 2 aromatic rings. The Labute approximate surface area is 156 Å². The van der Waals surface area contributed by atoms with E-state index in [1.165, 1.54) is 5.56 Å². The Morgan fingerprint density at radius 3 is 2.19 bits per heavy atom. The normalized spacial score (nSPS) is 15.8. The number of hydrogen-bond donors (Lipinski definition) is 1. The molecule has 0 spiro atoms. The number of aromatic nitrogens is 1. The lowest BCUT2D eigenvalue weighted by Gasteiger charge is -2.33. The van der Waals surface area contributed by atoms with Crippen LogP contribution in [0.4, 0.5) is 11.5 Å². The zero-order valence-corrected chi connectivity index (χ0v) is 16.1. The van der Waals surface area contributed by atoms with Crippen molar-refractivity contribution >= 4 is 17.4 Å². The SMILES string of the molecule is CN1CCN(c2ccc(NC(=O)c3ccc(C(C)(C)C)cc3)cn2)CC1. The van der Waals surface area contributed by atoms with E-state index in [0.29, 0.717) is 11.3 Å². The molecule has 2 heterocycles. The highest BCUT2D eigenvalue weighted by Gasteiger charge is 2.16. The van der Waals surface area contributed by atoms with Crippen LogP contribution in [0.2, 0.25) is 0 Å². The summed E-state index contributed by atoms with van der Waals surface area (Å²) in [6.07, 6.45) is 1.73. The number of benzene rings is 1. The molecule has 1 aromatic heterocycles. The van der Waals surface area contributed by atoms with Crippen molar-refractivity contribution in [2.45, 2.75) is 26.2 Å². The molecule has 1 saturated heterocycles. The summed E-state index contributed by atoms with van der Waals surface area (Å²) in [7, 11) is 2.14. The van der Waals surface area contributed by atoms with Crippen LogP contribution in [0.1, 0.15) is 36.7 Å². The van der Waals surface area contributed by atoms with Crippen molar-refractivity contribution in [3.8, 4) is 0 Å². The van der Waals surface area contributed by atoms with Crippen molar-refractivity contribution < 1.29 is 4.79 Å². The summed E-state index contributed by atoms with van der Waals surface area (Å²) in [5.41, 5.74) is 2.67. The minimum Gasteiger partial charge on any atom is -0.354 e. The molecule has 1 aliphatic heterocycles. The summed E-state index contributed by atoms with van der Waals surface area (Å²) in [4.78, 5) is 21.5. The standard InChI is InChI=1S/C21H28N4O/c1-21(2,3)17-7-5-16(6-8-17)20(26)23-18-9-10-19(22-15-18)25-13-11-24(4)12-14-25/h5-10,15H,11-14H2,1-4H3,(H,23,26). The summed E-state index contributed by atoms with van der Waals surface area (Å²) in [5, 5.41) is 2.93. The molecule has 0 radical (unpaired) electrons. The van der Waals surface area contributed by atoms with E-state index in [4.69, 9.17) is 0 Å². The fourth-order valence-electron chi connectivity index (χ4n) is 3.01. The molecule has 0 unspecified atom stereocenters. The molecule has 1 N–H and O–H groups in total. The highest BCUT2D eigenvalue weighted by molar-refractivity contribution is 6.04. The van der Waals surface area contributed by atoms with Gasteiger partial charge in [0.05, 0.1) is 11.9 Å².